The largest absolute Gasteiger partial charge is 0.464 e. The molecule has 19 heavy (non-hydrogen) atoms. The van der Waals surface area contributed by atoms with E-state index in [0.29, 0.717) is 6.29 Å². The maximum absolute atomic E-state index is 11.5. The average Bonchev–Trinajstić information content (AvgIpc) is 2.45. The summed E-state index contributed by atoms with van der Waals surface area (Å²) in [5.74, 6) is -3.28. The van der Waals surface area contributed by atoms with Gasteiger partial charge in [0.25, 0.3) is 0 Å². The van der Waals surface area contributed by atoms with Crippen molar-refractivity contribution in [3.8, 4) is 0 Å². The Bertz CT molecular complexity index is 458. The molecular weight excluding hydrogens is 252 g/mol. The molecule has 0 saturated heterocycles. The third kappa shape index (κ3) is 3.17. The van der Waals surface area contributed by atoms with Gasteiger partial charge in [-0.15, -0.1) is 0 Å². The van der Waals surface area contributed by atoms with E-state index in [2.05, 4.69) is 4.74 Å². The number of carbonyl (C=O) groups excluding carboxylic acids is 2. The Morgan fingerprint density at radius 3 is 2.74 bits per heavy atom. The Balaban J connectivity index is 3.14. The zero-order valence-electron chi connectivity index (χ0n) is 10.7. The minimum absolute atomic E-state index is 0.0596. The molecule has 1 rings (SSSR count). The first kappa shape index (κ1) is 15.3. The van der Waals surface area contributed by atoms with Crippen LogP contribution in [0.25, 0.3) is 0 Å². The predicted octanol–water partition coefficient (Wildman–Crippen LogP) is 0.215. The van der Waals surface area contributed by atoms with Crippen LogP contribution >= 0.6 is 0 Å². The Labute approximate surface area is 110 Å². The SMILES string of the molecule is CCOC(=O)C(O)C(O)(OC)c1cccc(C=O)c1. The van der Waals surface area contributed by atoms with Gasteiger partial charge in [-0.1, -0.05) is 18.2 Å². The van der Waals surface area contributed by atoms with E-state index in [1.165, 1.54) is 24.3 Å². The number of hydrogen-bond donors (Lipinski definition) is 2. The van der Waals surface area contributed by atoms with Crippen molar-refractivity contribution in [2.45, 2.75) is 18.8 Å². The summed E-state index contributed by atoms with van der Waals surface area (Å²) in [4.78, 5) is 22.2. The van der Waals surface area contributed by atoms with Gasteiger partial charge in [0.15, 0.2) is 0 Å². The molecule has 0 aromatic heterocycles. The number of ether oxygens (including phenoxy) is 2. The third-order valence-corrected chi connectivity index (χ3v) is 2.63. The lowest BCUT2D eigenvalue weighted by molar-refractivity contribution is -0.254. The number of carbonyl (C=O) groups is 2. The number of methoxy groups -OCH3 is 1. The van der Waals surface area contributed by atoms with Crippen LogP contribution in [0.1, 0.15) is 22.8 Å². The molecule has 2 unspecified atom stereocenters. The van der Waals surface area contributed by atoms with Crippen molar-refractivity contribution in [1.82, 2.24) is 0 Å². The number of rotatable bonds is 6. The molecule has 0 amide bonds. The van der Waals surface area contributed by atoms with E-state index in [1.54, 1.807) is 6.92 Å². The van der Waals surface area contributed by atoms with Crippen LogP contribution in [0.15, 0.2) is 24.3 Å². The van der Waals surface area contributed by atoms with Crippen LogP contribution in [-0.4, -0.2) is 42.3 Å². The van der Waals surface area contributed by atoms with Crippen molar-refractivity contribution in [3.05, 3.63) is 35.4 Å². The maximum Gasteiger partial charge on any atom is 0.341 e. The number of hydrogen-bond acceptors (Lipinski definition) is 6. The van der Waals surface area contributed by atoms with Crippen molar-refractivity contribution in [1.29, 1.82) is 0 Å². The Hall–Kier alpha value is -1.76. The Morgan fingerprint density at radius 2 is 2.21 bits per heavy atom. The van der Waals surface area contributed by atoms with Crippen molar-refractivity contribution in [2.75, 3.05) is 13.7 Å². The van der Waals surface area contributed by atoms with Gasteiger partial charge in [-0.25, -0.2) is 4.79 Å². The van der Waals surface area contributed by atoms with Crippen molar-refractivity contribution >= 4 is 12.3 Å². The Kier molecular flexibility index (Phi) is 5.17. The minimum Gasteiger partial charge on any atom is -0.464 e. The summed E-state index contributed by atoms with van der Waals surface area (Å²) in [7, 11) is 1.13. The molecule has 0 aliphatic heterocycles. The summed E-state index contributed by atoms with van der Waals surface area (Å²) in [6.45, 7) is 1.63. The van der Waals surface area contributed by atoms with Crippen molar-refractivity contribution < 1.29 is 29.3 Å². The standard InChI is InChI=1S/C13H16O6/c1-3-19-12(16)11(15)13(17,18-2)10-6-4-5-9(7-10)8-14/h4-8,11,15,17H,3H2,1-2H3. The van der Waals surface area contributed by atoms with Gasteiger partial charge in [0.2, 0.25) is 11.9 Å². The van der Waals surface area contributed by atoms with E-state index in [4.69, 9.17) is 4.74 Å². The summed E-state index contributed by atoms with van der Waals surface area (Å²) in [6, 6.07) is 5.77. The van der Waals surface area contributed by atoms with Crippen LogP contribution in [0.4, 0.5) is 0 Å². The highest BCUT2D eigenvalue weighted by Gasteiger charge is 2.43. The molecule has 2 atom stereocenters. The van der Waals surface area contributed by atoms with Gasteiger partial charge < -0.3 is 19.7 Å². The summed E-state index contributed by atoms with van der Waals surface area (Å²) in [5, 5.41) is 20.1. The minimum atomic E-state index is -2.27. The molecule has 2 N–H and O–H groups in total. The molecule has 0 spiro atoms. The first-order chi connectivity index (χ1) is 8.99. The lowest BCUT2D eigenvalue weighted by Gasteiger charge is -2.30. The van der Waals surface area contributed by atoms with Gasteiger partial charge >= 0.3 is 5.97 Å². The number of benzene rings is 1. The normalized spacial score (nSPS) is 15.4. The van der Waals surface area contributed by atoms with Crippen LogP contribution < -0.4 is 0 Å². The van der Waals surface area contributed by atoms with Gasteiger partial charge in [0, 0.05) is 18.2 Å². The highest BCUT2D eigenvalue weighted by atomic mass is 16.6. The van der Waals surface area contributed by atoms with E-state index in [0.717, 1.165) is 7.11 Å². The molecule has 0 fully saturated rings. The number of aliphatic hydroxyl groups is 2. The van der Waals surface area contributed by atoms with E-state index in [1.807, 2.05) is 0 Å². The molecule has 1 aromatic carbocycles. The van der Waals surface area contributed by atoms with E-state index in [-0.39, 0.29) is 17.7 Å². The second-order valence-corrected chi connectivity index (χ2v) is 3.80. The lowest BCUT2D eigenvalue weighted by Crippen LogP contribution is -2.47. The highest BCUT2D eigenvalue weighted by Crippen LogP contribution is 2.27. The molecule has 0 bridgehead atoms. The van der Waals surface area contributed by atoms with Gasteiger partial charge in [0.1, 0.15) is 6.29 Å². The zero-order chi connectivity index (χ0) is 14.5. The molecule has 0 radical (unpaired) electrons. The Morgan fingerprint density at radius 1 is 1.53 bits per heavy atom. The lowest BCUT2D eigenvalue weighted by atomic mass is 9.98. The van der Waals surface area contributed by atoms with E-state index in [9.17, 15) is 19.8 Å². The smallest absolute Gasteiger partial charge is 0.341 e. The van der Waals surface area contributed by atoms with Gasteiger partial charge in [-0.05, 0) is 13.0 Å². The van der Waals surface area contributed by atoms with Gasteiger partial charge in [-0.3, -0.25) is 4.79 Å². The first-order valence-electron chi connectivity index (χ1n) is 5.67. The predicted molar refractivity (Wildman–Crippen MR) is 65.4 cm³/mol. The molecular formula is C13H16O6. The van der Waals surface area contributed by atoms with Crippen LogP contribution in [0.5, 0.6) is 0 Å². The summed E-state index contributed by atoms with van der Waals surface area (Å²) in [5.41, 5.74) is 0.365. The number of aliphatic hydroxyl groups excluding tert-OH is 1. The quantitative estimate of drug-likeness (QED) is 0.435. The van der Waals surface area contributed by atoms with E-state index < -0.39 is 17.9 Å². The second kappa shape index (κ2) is 6.42. The number of aldehydes is 1. The van der Waals surface area contributed by atoms with Crippen LogP contribution in [-0.2, 0) is 20.1 Å². The van der Waals surface area contributed by atoms with Crippen molar-refractivity contribution in [3.63, 3.8) is 0 Å². The highest BCUT2D eigenvalue weighted by molar-refractivity contribution is 5.77. The van der Waals surface area contributed by atoms with Crippen LogP contribution in [0.3, 0.4) is 0 Å². The van der Waals surface area contributed by atoms with E-state index >= 15 is 0 Å². The molecule has 1 aromatic rings. The first-order valence-corrected chi connectivity index (χ1v) is 5.67. The summed E-state index contributed by atoms with van der Waals surface area (Å²) >= 11 is 0. The molecule has 6 nitrogen and oxygen atoms in total. The molecule has 0 heterocycles. The average molecular weight is 268 g/mol. The molecule has 0 saturated carbocycles. The maximum atomic E-state index is 11.5. The second-order valence-electron chi connectivity index (χ2n) is 3.80. The van der Waals surface area contributed by atoms with Crippen LogP contribution in [0.2, 0.25) is 0 Å². The molecule has 6 heteroatoms. The summed E-state index contributed by atoms with van der Waals surface area (Å²) < 4.78 is 9.47. The third-order valence-electron chi connectivity index (χ3n) is 2.63. The molecule has 0 aliphatic carbocycles. The summed E-state index contributed by atoms with van der Waals surface area (Å²) in [6.07, 6.45) is -1.34. The van der Waals surface area contributed by atoms with Crippen LogP contribution in [0, 0.1) is 0 Å². The fraction of sp³-hybridized carbons (Fsp3) is 0.385. The molecule has 0 aliphatic rings. The van der Waals surface area contributed by atoms with Gasteiger partial charge in [0.05, 0.1) is 6.61 Å². The fourth-order valence-corrected chi connectivity index (χ4v) is 1.60. The molecule has 104 valence electrons. The monoisotopic (exact) mass is 268 g/mol. The van der Waals surface area contributed by atoms with Gasteiger partial charge in [-0.2, -0.15) is 0 Å². The number of esters is 1. The fourth-order valence-electron chi connectivity index (χ4n) is 1.60. The van der Waals surface area contributed by atoms with Crippen molar-refractivity contribution in [2.24, 2.45) is 0 Å². The zero-order valence-corrected chi connectivity index (χ0v) is 10.7. The topological polar surface area (TPSA) is 93.1 Å².